The second-order valence-corrected chi connectivity index (χ2v) is 11.2. The fourth-order valence-corrected chi connectivity index (χ4v) is 6.72. The highest BCUT2D eigenvalue weighted by Gasteiger charge is 2.43. The molecule has 214 valence electrons. The van der Waals surface area contributed by atoms with Gasteiger partial charge in [-0.15, -0.1) is 0 Å². The highest BCUT2D eigenvalue weighted by Crippen LogP contribution is 2.37. The van der Waals surface area contributed by atoms with Gasteiger partial charge < -0.3 is 24.6 Å². The Morgan fingerprint density at radius 3 is 2.65 bits per heavy atom. The fraction of sp³-hybridized carbons (Fsp3) is 0.548. The Bertz CT molecular complexity index is 1220. The molecule has 9 heteroatoms. The van der Waals surface area contributed by atoms with Crippen LogP contribution in [0.4, 0.5) is 0 Å². The van der Waals surface area contributed by atoms with E-state index in [1.807, 2.05) is 23.1 Å². The summed E-state index contributed by atoms with van der Waals surface area (Å²) in [6.45, 7) is 2.46. The first kappa shape index (κ1) is 27.9. The second-order valence-electron chi connectivity index (χ2n) is 11.2. The number of methoxy groups -OCH3 is 2. The van der Waals surface area contributed by atoms with Gasteiger partial charge >= 0.3 is 0 Å². The van der Waals surface area contributed by atoms with E-state index in [1.54, 1.807) is 26.5 Å². The Morgan fingerprint density at radius 1 is 1.00 bits per heavy atom. The first-order chi connectivity index (χ1) is 19.5. The van der Waals surface area contributed by atoms with Crippen molar-refractivity contribution in [1.29, 1.82) is 0 Å². The average Bonchev–Trinajstić information content (AvgIpc) is 2.98. The lowest BCUT2D eigenvalue weighted by Gasteiger charge is -2.51. The average molecular weight is 549 g/mol. The third-order valence-corrected chi connectivity index (χ3v) is 8.55. The zero-order valence-corrected chi connectivity index (χ0v) is 23.6. The topological polar surface area (TPSA) is 101 Å². The SMILES string of the molecule is COc1cc2cc(c1OC)CCCNC(=O)CCC[C@H]1[C@@H]3C[C@@H](CN(C(=O)c4ccccn4)C3)CN1C(=O)CC2. The molecule has 9 nitrogen and oxygen atoms in total. The van der Waals surface area contributed by atoms with Crippen molar-refractivity contribution in [2.45, 2.75) is 57.4 Å². The molecule has 4 heterocycles. The van der Waals surface area contributed by atoms with Gasteiger partial charge in [0.25, 0.3) is 5.91 Å². The summed E-state index contributed by atoms with van der Waals surface area (Å²) in [5.41, 5.74) is 2.52. The van der Waals surface area contributed by atoms with Gasteiger partial charge in [0, 0.05) is 51.3 Å². The molecular weight excluding hydrogens is 508 g/mol. The standard InChI is InChI=1S/C31H40N4O5/c1-39-27-17-21-11-12-29(37)35-19-22-16-24(20-34(18-22)31(38)25-8-3-4-13-32-25)26(35)9-5-10-28(36)33-14-6-7-23(15-21)30(27)40-2/h3-4,8,13,15,17,22,24,26H,5-7,9-12,14,16,18-20H2,1-2H3,(H,33,36)/t22-,24+,26-/m0/s1. The maximum atomic E-state index is 13.7. The Kier molecular flexibility index (Phi) is 8.87. The predicted octanol–water partition coefficient (Wildman–Crippen LogP) is 3.25. The van der Waals surface area contributed by atoms with Crippen molar-refractivity contribution < 1.29 is 23.9 Å². The van der Waals surface area contributed by atoms with Crippen molar-refractivity contribution in [1.82, 2.24) is 20.1 Å². The minimum absolute atomic E-state index is 0.00440. The van der Waals surface area contributed by atoms with E-state index in [1.165, 1.54) is 0 Å². The minimum atomic E-state index is -0.0491. The summed E-state index contributed by atoms with van der Waals surface area (Å²) in [5.74, 6) is 1.90. The fourth-order valence-electron chi connectivity index (χ4n) is 6.72. The lowest BCUT2D eigenvalue weighted by molar-refractivity contribution is -0.140. The van der Waals surface area contributed by atoms with E-state index in [0.717, 1.165) is 36.8 Å². The summed E-state index contributed by atoms with van der Waals surface area (Å²) in [6, 6.07) is 9.47. The molecule has 2 saturated heterocycles. The monoisotopic (exact) mass is 548 g/mol. The summed E-state index contributed by atoms with van der Waals surface area (Å²) in [6.07, 6.45) is 7.08. The zero-order valence-electron chi connectivity index (χ0n) is 23.6. The number of likely N-dealkylation sites (tertiary alicyclic amines) is 1. The number of pyridine rings is 1. The number of nitrogens with zero attached hydrogens (tertiary/aromatic N) is 3. The van der Waals surface area contributed by atoms with Crippen molar-refractivity contribution in [3.05, 3.63) is 53.3 Å². The van der Waals surface area contributed by atoms with Crippen LogP contribution in [0.5, 0.6) is 11.5 Å². The van der Waals surface area contributed by atoms with Gasteiger partial charge in [-0.05, 0) is 79.7 Å². The van der Waals surface area contributed by atoms with Gasteiger partial charge in [-0.1, -0.05) is 12.1 Å². The number of piperidine rings is 2. The molecule has 0 saturated carbocycles. The molecule has 40 heavy (non-hydrogen) atoms. The number of fused-ring (bicyclic) bond motifs is 6. The lowest BCUT2D eigenvalue weighted by Crippen LogP contribution is -2.60. The van der Waals surface area contributed by atoms with E-state index < -0.39 is 0 Å². The molecule has 0 aliphatic carbocycles. The van der Waals surface area contributed by atoms with Crippen LogP contribution in [0, 0.1) is 11.8 Å². The molecule has 0 unspecified atom stereocenters. The highest BCUT2D eigenvalue weighted by atomic mass is 16.5. The molecule has 2 fully saturated rings. The summed E-state index contributed by atoms with van der Waals surface area (Å²) in [5, 5.41) is 3.05. The number of ether oxygens (including phenoxy) is 2. The first-order valence-corrected chi connectivity index (χ1v) is 14.5. The number of rotatable bonds is 3. The van der Waals surface area contributed by atoms with Crippen molar-refractivity contribution in [2.75, 3.05) is 40.4 Å². The molecular formula is C31H40N4O5. The van der Waals surface area contributed by atoms with Crippen LogP contribution in [0.3, 0.4) is 0 Å². The number of aromatic nitrogens is 1. The van der Waals surface area contributed by atoms with Crippen LogP contribution in [0.2, 0.25) is 0 Å². The number of hydrogen-bond donors (Lipinski definition) is 1. The van der Waals surface area contributed by atoms with Gasteiger partial charge in [0.1, 0.15) is 5.69 Å². The number of nitrogens with one attached hydrogen (secondary N) is 1. The van der Waals surface area contributed by atoms with E-state index in [0.29, 0.717) is 69.1 Å². The van der Waals surface area contributed by atoms with Crippen molar-refractivity contribution in [3.8, 4) is 11.5 Å². The van der Waals surface area contributed by atoms with Gasteiger partial charge in [0.05, 0.1) is 14.2 Å². The van der Waals surface area contributed by atoms with Crippen LogP contribution in [-0.2, 0) is 22.4 Å². The number of hydrogen-bond acceptors (Lipinski definition) is 6. The van der Waals surface area contributed by atoms with E-state index in [-0.39, 0.29) is 35.6 Å². The van der Waals surface area contributed by atoms with Crippen molar-refractivity contribution >= 4 is 17.7 Å². The molecule has 2 aromatic rings. The summed E-state index contributed by atoms with van der Waals surface area (Å²) >= 11 is 0. The zero-order chi connectivity index (χ0) is 28.1. The molecule has 3 atom stereocenters. The van der Waals surface area contributed by atoms with Gasteiger partial charge in [0.15, 0.2) is 11.5 Å². The molecule has 0 spiro atoms. The Hall–Kier alpha value is -3.62. The van der Waals surface area contributed by atoms with Crippen LogP contribution >= 0.6 is 0 Å². The van der Waals surface area contributed by atoms with E-state index in [4.69, 9.17) is 9.47 Å². The summed E-state index contributed by atoms with van der Waals surface area (Å²) in [4.78, 5) is 47.8. The van der Waals surface area contributed by atoms with E-state index >= 15 is 0 Å². The normalized spacial score (nSPS) is 24.1. The van der Waals surface area contributed by atoms with Crippen LogP contribution in [0.25, 0.3) is 0 Å². The largest absolute Gasteiger partial charge is 0.493 e. The molecule has 0 radical (unpaired) electrons. The second kappa shape index (κ2) is 12.7. The number of carbonyl (C=O) groups is 3. The number of benzene rings is 1. The third kappa shape index (κ3) is 6.24. The van der Waals surface area contributed by atoms with Gasteiger partial charge in [-0.25, -0.2) is 0 Å². The van der Waals surface area contributed by atoms with Gasteiger partial charge in [-0.3, -0.25) is 19.4 Å². The Morgan fingerprint density at radius 2 is 1.88 bits per heavy atom. The first-order valence-electron chi connectivity index (χ1n) is 14.5. The van der Waals surface area contributed by atoms with E-state index in [9.17, 15) is 14.4 Å². The third-order valence-electron chi connectivity index (χ3n) is 8.55. The van der Waals surface area contributed by atoms with Crippen LogP contribution in [-0.4, -0.2) is 78.9 Å². The van der Waals surface area contributed by atoms with Crippen LogP contribution in [0.15, 0.2) is 36.5 Å². The maximum absolute atomic E-state index is 13.7. The van der Waals surface area contributed by atoms with Gasteiger partial charge in [-0.2, -0.15) is 0 Å². The van der Waals surface area contributed by atoms with Gasteiger partial charge in [0.2, 0.25) is 11.8 Å². The predicted molar refractivity (Wildman–Crippen MR) is 150 cm³/mol. The highest BCUT2D eigenvalue weighted by molar-refractivity contribution is 5.92. The smallest absolute Gasteiger partial charge is 0.272 e. The molecule has 1 aromatic heterocycles. The van der Waals surface area contributed by atoms with Crippen molar-refractivity contribution in [3.63, 3.8) is 0 Å². The minimum Gasteiger partial charge on any atom is -0.493 e. The Labute approximate surface area is 236 Å². The lowest BCUT2D eigenvalue weighted by atomic mass is 9.77. The van der Waals surface area contributed by atoms with E-state index in [2.05, 4.69) is 21.3 Å². The molecule has 3 aliphatic heterocycles. The molecule has 1 aromatic carbocycles. The quantitative estimate of drug-likeness (QED) is 0.632. The number of aryl methyl sites for hydroxylation is 2. The number of carbonyl (C=O) groups excluding carboxylic acids is 3. The molecule has 5 rings (SSSR count). The van der Waals surface area contributed by atoms with Crippen LogP contribution < -0.4 is 14.8 Å². The number of amides is 3. The van der Waals surface area contributed by atoms with Crippen LogP contribution in [0.1, 0.15) is 60.1 Å². The molecule has 3 aliphatic rings. The molecule has 3 amide bonds. The molecule has 4 bridgehead atoms. The molecule has 1 N–H and O–H groups in total. The maximum Gasteiger partial charge on any atom is 0.272 e. The summed E-state index contributed by atoms with van der Waals surface area (Å²) < 4.78 is 11.3. The Balaban J connectivity index is 1.37. The van der Waals surface area contributed by atoms with Crippen molar-refractivity contribution in [2.24, 2.45) is 11.8 Å². The summed E-state index contributed by atoms with van der Waals surface area (Å²) in [7, 11) is 3.26.